The number of nitriles is 1. The summed E-state index contributed by atoms with van der Waals surface area (Å²) in [7, 11) is 3.97. The monoisotopic (exact) mass is 663 g/mol. The molecular formula is C34H37N11O2S. The van der Waals surface area contributed by atoms with Gasteiger partial charge >= 0.3 is 0 Å². The summed E-state index contributed by atoms with van der Waals surface area (Å²) in [6.07, 6.45) is 12.0. The first-order valence-corrected chi connectivity index (χ1v) is 17.7. The molecule has 7 heterocycles. The molecule has 2 N–H and O–H groups in total. The van der Waals surface area contributed by atoms with Crippen LogP contribution in [0, 0.1) is 11.3 Å². The van der Waals surface area contributed by atoms with Crippen LogP contribution >= 0.6 is 11.3 Å². The Morgan fingerprint density at radius 1 is 1.12 bits per heavy atom. The van der Waals surface area contributed by atoms with E-state index in [4.69, 9.17) is 35.6 Å². The van der Waals surface area contributed by atoms with E-state index in [0.29, 0.717) is 51.8 Å². The number of carbonyl (C=O) groups excluding carboxylic acids is 1. The summed E-state index contributed by atoms with van der Waals surface area (Å²) in [6, 6.07) is 2.80. The maximum Gasteiger partial charge on any atom is 0.274 e. The summed E-state index contributed by atoms with van der Waals surface area (Å²) in [5, 5.41) is 25.8. The third-order valence-electron chi connectivity index (χ3n) is 11.3. The van der Waals surface area contributed by atoms with Crippen LogP contribution in [0.15, 0.2) is 16.9 Å². The van der Waals surface area contributed by atoms with E-state index in [-0.39, 0.29) is 11.9 Å². The minimum Gasteiger partial charge on any atom is -0.389 e. The third kappa shape index (κ3) is 4.10. The molecule has 0 radical (unpaired) electrons. The van der Waals surface area contributed by atoms with Crippen LogP contribution in [0.5, 0.6) is 0 Å². The van der Waals surface area contributed by atoms with Crippen molar-refractivity contribution in [2.24, 2.45) is 0 Å². The molecule has 5 aromatic heterocycles. The second-order valence-corrected chi connectivity index (χ2v) is 15.1. The van der Waals surface area contributed by atoms with Crippen LogP contribution in [-0.2, 0) is 24.7 Å². The fraction of sp³-hybridized carbons (Fsp3) is 0.500. The lowest BCUT2D eigenvalue weighted by molar-refractivity contribution is 0.0774. The van der Waals surface area contributed by atoms with Crippen LogP contribution in [0.2, 0.25) is 0 Å². The Kier molecular flexibility index (Phi) is 6.58. The van der Waals surface area contributed by atoms with Crippen molar-refractivity contribution >= 4 is 33.3 Å². The number of anilines is 1. The van der Waals surface area contributed by atoms with Crippen molar-refractivity contribution in [2.45, 2.75) is 82.2 Å². The molecule has 2 aliphatic heterocycles. The first-order chi connectivity index (χ1) is 23.3. The number of hydrogen-bond acceptors (Lipinski definition) is 11. The third-order valence-corrected chi connectivity index (χ3v) is 12.4. The number of nitrogen functional groups attached to an aromatic ring is 1. The van der Waals surface area contributed by atoms with Crippen LogP contribution in [0.25, 0.3) is 28.4 Å². The fourth-order valence-corrected chi connectivity index (χ4v) is 10.0. The Hall–Kier alpha value is -4.61. The molecule has 48 heavy (non-hydrogen) atoms. The highest BCUT2D eigenvalue weighted by atomic mass is 32.1. The van der Waals surface area contributed by atoms with E-state index in [1.807, 2.05) is 17.1 Å². The number of nitrogens with zero attached hydrogens (tertiary/aromatic N) is 10. The second kappa shape index (κ2) is 10.7. The van der Waals surface area contributed by atoms with E-state index in [1.54, 1.807) is 16.6 Å². The highest BCUT2D eigenvalue weighted by Crippen LogP contribution is 2.55. The van der Waals surface area contributed by atoms with Crippen LogP contribution in [0.4, 0.5) is 5.00 Å². The lowest BCUT2D eigenvalue weighted by atomic mass is 9.63. The van der Waals surface area contributed by atoms with E-state index in [1.165, 1.54) is 16.2 Å². The van der Waals surface area contributed by atoms with Gasteiger partial charge in [0.2, 0.25) is 0 Å². The van der Waals surface area contributed by atoms with E-state index >= 15 is 0 Å². The first kappa shape index (κ1) is 29.5. The molecule has 5 aromatic rings. The van der Waals surface area contributed by atoms with Crippen LogP contribution in [0.1, 0.15) is 94.9 Å². The topological polar surface area (TPSA) is 161 Å². The van der Waals surface area contributed by atoms with Gasteiger partial charge in [-0.15, -0.1) is 11.3 Å². The molecule has 0 saturated carbocycles. The molecule has 3 unspecified atom stereocenters. The Bertz CT molecular complexity index is 2160. The van der Waals surface area contributed by atoms with E-state index in [2.05, 4.69) is 24.9 Å². The van der Waals surface area contributed by atoms with Crippen molar-refractivity contribution < 1.29 is 9.32 Å². The summed E-state index contributed by atoms with van der Waals surface area (Å²) in [4.78, 5) is 28.6. The van der Waals surface area contributed by atoms with Crippen LogP contribution in [-0.4, -0.2) is 83.6 Å². The van der Waals surface area contributed by atoms with Gasteiger partial charge in [0.15, 0.2) is 34.4 Å². The normalized spacial score (nSPS) is 23.0. The Morgan fingerprint density at radius 2 is 1.96 bits per heavy atom. The smallest absolute Gasteiger partial charge is 0.274 e. The lowest BCUT2D eigenvalue weighted by Crippen LogP contribution is -2.35. The predicted molar refractivity (Wildman–Crippen MR) is 179 cm³/mol. The van der Waals surface area contributed by atoms with Gasteiger partial charge in [-0.25, -0.2) is 19.3 Å². The molecule has 0 aromatic carbocycles. The summed E-state index contributed by atoms with van der Waals surface area (Å²) >= 11 is 1.53. The number of fused-ring (bicyclic) bond motifs is 6. The molecule has 1 spiro atoms. The fourth-order valence-electron chi connectivity index (χ4n) is 8.87. The molecule has 9 rings (SSSR count). The number of carbonyl (C=O) groups is 1. The van der Waals surface area contributed by atoms with Gasteiger partial charge in [0.25, 0.3) is 5.91 Å². The van der Waals surface area contributed by atoms with Crippen molar-refractivity contribution in [3.8, 4) is 23.4 Å². The van der Waals surface area contributed by atoms with Crippen molar-refractivity contribution in [3.05, 3.63) is 51.0 Å². The number of thiophene rings is 1. The maximum absolute atomic E-state index is 13.0. The number of nitrogens with two attached hydrogens (primary N) is 1. The Balaban J connectivity index is 1.24. The van der Waals surface area contributed by atoms with Crippen molar-refractivity contribution in [2.75, 3.05) is 32.9 Å². The minimum absolute atomic E-state index is 0.0651. The average molecular weight is 664 g/mol. The Labute approximate surface area is 281 Å². The maximum atomic E-state index is 13.0. The van der Waals surface area contributed by atoms with E-state index in [0.717, 1.165) is 92.2 Å². The largest absolute Gasteiger partial charge is 0.389 e. The quantitative estimate of drug-likeness (QED) is 0.291. The number of likely N-dealkylation sites (tertiary alicyclic amines) is 1. The molecule has 3 atom stereocenters. The van der Waals surface area contributed by atoms with E-state index < -0.39 is 5.41 Å². The zero-order valence-corrected chi connectivity index (χ0v) is 28.2. The van der Waals surface area contributed by atoms with Gasteiger partial charge in [0.05, 0.1) is 28.6 Å². The SMILES string of the molecule is CC(C1CCCN1C)n1ncc2c(-n3cc4c(n3)C(=O)N(C)CC4)nc(-c3noc4c3CCCC43CCCc4sc(N)c(C#N)c43)nc21. The zero-order chi connectivity index (χ0) is 32.9. The lowest BCUT2D eigenvalue weighted by Gasteiger charge is -2.39. The molecular weight excluding hydrogens is 627 g/mol. The van der Waals surface area contributed by atoms with Crippen molar-refractivity contribution in [1.82, 2.24) is 44.5 Å². The van der Waals surface area contributed by atoms with Crippen molar-refractivity contribution in [3.63, 3.8) is 0 Å². The number of rotatable bonds is 4. The van der Waals surface area contributed by atoms with Gasteiger partial charge in [0, 0.05) is 41.8 Å². The second-order valence-electron chi connectivity index (χ2n) is 13.9. The molecule has 14 heteroatoms. The van der Waals surface area contributed by atoms with Gasteiger partial charge in [-0.3, -0.25) is 4.79 Å². The summed E-state index contributed by atoms with van der Waals surface area (Å²) in [6.45, 7) is 3.90. The van der Waals surface area contributed by atoms with Crippen LogP contribution in [0.3, 0.4) is 0 Å². The minimum atomic E-state index is -0.449. The molecule has 13 nitrogen and oxygen atoms in total. The van der Waals surface area contributed by atoms with Gasteiger partial charge in [-0.1, -0.05) is 5.16 Å². The van der Waals surface area contributed by atoms with Crippen molar-refractivity contribution in [1.29, 1.82) is 5.26 Å². The molecule has 2 aliphatic carbocycles. The number of amides is 1. The molecule has 4 aliphatic rings. The van der Waals surface area contributed by atoms with Gasteiger partial charge < -0.3 is 20.1 Å². The summed E-state index contributed by atoms with van der Waals surface area (Å²) in [5.74, 6) is 1.70. The molecule has 1 saturated heterocycles. The molecule has 1 fully saturated rings. The highest BCUT2D eigenvalue weighted by molar-refractivity contribution is 7.16. The van der Waals surface area contributed by atoms with Gasteiger partial charge in [0.1, 0.15) is 11.1 Å². The van der Waals surface area contributed by atoms with Crippen LogP contribution < -0.4 is 5.73 Å². The number of aromatic nitrogens is 7. The number of likely N-dealkylation sites (N-methyl/N-ethyl adjacent to an activating group) is 2. The number of hydrogen-bond donors (Lipinski definition) is 1. The predicted octanol–water partition coefficient (Wildman–Crippen LogP) is 4.42. The summed E-state index contributed by atoms with van der Waals surface area (Å²) < 4.78 is 10.0. The highest BCUT2D eigenvalue weighted by Gasteiger charge is 2.49. The number of aryl methyl sites for hydroxylation is 1. The standard InChI is InChI=1S/C34H37N11O2S/c1-18(23-8-6-13-42(23)2)45-32-22(16-37-45)31(44-17-19-10-14-43(3)33(46)26(19)40-44)38-30(39-32)27-20-7-4-11-34(28(20)47-41-27)12-5-9-24-25(34)21(15-35)29(36)48-24/h16-18,23H,4-14,36H2,1-3H3. The zero-order valence-electron chi connectivity index (χ0n) is 27.4. The van der Waals surface area contributed by atoms with Gasteiger partial charge in [-0.2, -0.15) is 15.5 Å². The summed E-state index contributed by atoms with van der Waals surface area (Å²) in [5.41, 5.74) is 11.2. The average Bonchev–Trinajstić information content (AvgIpc) is 3.91. The molecule has 246 valence electrons. The first-order valence-electron chi connectivity index (χ1n) is 16.9. The Morgan fingerprint density at radius 3 is 2.75 bits per heavy atom. The van der Waals surface area contributed by atoms with E-state index in [9.17, 15) is 10.1 Å². The van der Waals surface area contributed by atoms with Gasteiger partial charge in [-0.05, 0) is 83.9 Å². The molecule has 1 amide bonds. The molecule has 0 bridgehead atoms.